The van der Waals surface area contributed by atoms with Crippen molar-refractivity contribution in [3.63, 3.8) is 0 Å². The standard InChI is InChI=1S/C11H7ClF3N3O/c1-6-2-3-7(5-16-6)19-9-4-8(11(13,14)15)17-10(12)18-9/h2-5H,1H3. The van der Waals surface area contributed by atoms with Crippen LogP contribution < -0.4 is 4.74 Å². The Labute approximate surface area is 111 Å². The summed E-state index contributed by atoms with van der Waals surface area (Å²) in [5.74, 6) is -0.0357. The number of aromatic nitrogens is 3. The van der Waals surface area contributed by atoms with Crippen LogP contribution in [0.15, 0.2) is 24.4 Å². The Bertz CT molecular complexity index is 587. The first kappa shape index (κ1) is 13.5. The Balaban J connectivity index is 2.30. The topological polar surface area (TPSA) is 47.9 Å². The molecule has 0 fully saturated rings. The van der Waals surface area contributed by atoms with Gasteiger partial charge < -0.3 is 4.74 Å². The monoisotopic (exact) mass is 289 g/mol. The Kier molecular flexibility index (Phi) is 3.57. The molecular formula is C11H7ClF3N3O. The summed E-state index contributed by atoms with van der Waals surface area (Å²) < 4.78 is 42.7. The molecule has 2 aromatic rings. The average molecular weight is 290 g/mol. The molecule has 0 saturated carbocycles. The van der Waals surface area contributed by atoms with Gasteiger partial charge in [-0.25, -0.2) is 4.98 Å². The Morgan fingerprint density at radius 3 is 2.53 bits per heavy atom. The molecule has 100 valence electrons. The molecule has 2 rings (SSSR count). The molecule has 2 heterocycles. The molecule has 0 amide bonds. The molecule has 0 spiro atoms. The second-order valence-electron chi connectivity index (χ2n) is 3.60. The van der Waals surface area contributed by atoms with Gasteiger partial charge in [0.25, 0.3) is 0 Å². The van der Waals surface area contributed by atoms with Gasteiger partial charge in [0.05, 0.1) is 6.20 Å². The van der Waals surface area contributed by atoms with Crippen molar-refractivity contribution < 1.29 is 17.9 Å². The molecular weight excluding hydrogens is 283 g/mol. The molecule has 0 saturated heterocycles. The quantitative estimate of drug-likeness (QED) is 0.792. The van der Waals surface area contributed by atoms with Gasteiger partial charge >= 0.3 is 6.18 Å². The van der Waals surface area contributed by atoms with E-state index in [2.05, 4.69) is 15.0 Å². The Hall–Kier alpha value is -1.89. The molecule has 0 aliphatic carbocycles. The predicted octanol–water partition coefficient (Wildman–Crippen LogP) is 3.64. The maximum Gasteiger partial charge on any atom is 0.433 e. The zero-order valence-electron chi connectivity index (χ0n) is 9.57. The molecule has 0 N–H and O–H groups in total. The van der Waals surface area contributed by atoms with Gasteiger partial charge in [-0.15, -0.1) is 0 Å². The Morgan fingerprint density at radius 1 is 1.21 bits per heavy atom. The third kappa shape index (κ3) is 3.54. The summed E-state index contributed by atoms with van der Waals surface area (Å²) in [6.45, 7) is 1.77. The number of rotatable bonds is 2. The smallest absolute Gasteiger partial charge is 0.433 e. The summed E-state index contributed by atoms with van der Waals surface area (Å²) in [5.41, 5.74) is -0.411. The van der Waals surface area contributed by atoms with Crippen LogP contribution in [0.2, 0.25) is 5.28 Å². The van der Waals surface area contributed by atoms with Crippen molar-refractivity contribution in [2.24, 2.45) is 0 Å². The summed E-state index contributed by atoms with van der Waals surface area (Å²) in [5, 5.41) is -0.537. The number of pyridine rings is 1. The molecule has 0 bridgehead atoms. The SMILES string of the molecule is Cc1ccc(Oc2cc(C(F)(F)F)nc(Cl)n2)cn1. The van der Waals surface area contributed by atoms with E-state index in [0.717, 1.165) is 5.69 Å². The number of aryl methyl sites for hydroxylation is 1. The molecule has 0 aromatic carbocycles. The summed E-state index contributed by atoms with van der Waals surface area (Å²) in [7, 11) is 0. The normalized spacial score (nSPS) is 11.4. The van der Waals surface area contributed by atoms with Crippen molar-refractivity contribution in [2.45, 2.75) is 13.1 Å². The van der Waals surface area contributed by atoms with Crippen molar-refractivity contribution in [1.29, 1.82) is 0 Å². The molecule has 19 heavy (non-hydrogen) atoms. The lowest BCUT2D eigenvalue weighted by atomic mass is 10.3. The highest BCUT2D eigenvalue weighted by Gasteiger charge is 2.33. The third-order valence-corrected chi connectivity index (χ3v) is 2.24. The van der Waals surface area contributed by atoms with Crippen LogP contribution in [-0.2, 0) is 6.18 Å². The maximum atomic E-state index is 12.5. The molecule has 0 aliphatic heterocycles. The minimum absolute atomic E-state index is 0.258. The van der Waals surface area contributed by atoms with Crippen molar-refractivity contribution in [1.82, 2.24) is 15.0 Å². The van der Waals surface area contributed by atoms with Gasteiger partial charge in [-0.1, -0.05) is 0 Å². The minimum Gasteiger partial charge on any atom is -0.437 e. The fourth-order valence-corrected chi connectivity index (χ4v) is 1.40. The highest BCUT2D eigenvalue weighted by molar-refractivity contribution is 6.28. The van der Waals surface area contributed by atoms with Crippen LogP contribution in [0.4, 0.5) is 13.2 Å². The molecule has 0 atom stereocenters. The third-order valence-electron chi connectivity index (χ3n) is 2.07. The summed E-state index contributed by atoms with van der Waals surface area (Å²) >= 11 is 5.43. The van der Waals surface area contributed by atoms with E-state index in [4.69, 9.17) is 16.3 Å². The zero-order chi connectivity index (χ0) is 14.0. The number of alkyl halides is 3. The van der Waals surface area contributed by atoms with Gasteiger partial charge in [-0.05, 0) is 30.7 Å². The lowest BCUT2D eigenvalue weighted by Crippen LogP contribution is -2.09. The van der Waals surface area contributed by atoms with E-state index in [1.165, 1.54) is 6.20 Å². The average Bonchev–Trinajstić information content (AvgIpc) is 2.30. The highest BCUT2D eigenvalue weighted by atomic mass is 35.5. The second kappa shape index (κ2) is 5.00. The van der Waals surface area contributed by atoms with Crippen LogP contribution in [0.5, 0.6) is 11.6 Å². The van der Waals surface area contributed by atoms with Crippen LogP contribution in [0.3, 0.4) is 0 Å². The van der Waals surface area contributed by atoms with Crippen LogP contribution in [0.25, 0.3) is 0 Å². The second-order valence-corrected chi connectivity index (χ2v) is 3.93. The number of nitrogens with zero attached hydrogens (tertiary/aromatic N) is 3. The summed E-state index contributed by atoms with van der Waals surface area (Å²) in [4.78, 5) is 10.6. The number of halogens is 4. The van der Waals surface area contributed by atoms with Gasteiger partial charge in [0.1, 0.15) is 5.75 Å². The highest BCUT2D eigenvalue weighted by Crippen LogP contribution is 2.31. The van der Waals surface area contributed by atoms with Gasteiger partial charge in [-0.2, -0.15) is 18.2 Å². The summed E-state index contributed by atoms with van der Waals surface area (Å²) in [6, 6.07) is 3.89. The van der Waals surface area contributed by atoms with E-state index in [1.54, 1.807) is 19.1 Å². The molecule has 0 unspecified atom stereocenters. The van der Waals surface area contributed by atoms with E-state index in [-0.39, 0.29) is 11.6 Å². The lowest BCUT2D eigenvalue weighted by molar-refractivity contribution is -0.141. The maximum absolute atomic E-state index is 12.5. The first-order valence-electron chi connectivity index (χ1n) is 5.07. The van der Waals surface area contributed by atoms with Crippen molar-refractivity contribution in [3.8, 4) is 11.6 Å². The number of ether oxygens (including phenoxy) is 1. The zero-order valence-corrected chi connectivity index (χ0v) is 10.3. The van der Waals surface area contributed by atoms with Crippen LogP contribution in [0.1, 0.15) is 11.4 Å². The fraction of sp³-hybridized carbons (Fsp3) is 0.182. The molecule has 0 radical (unpaired) electrons. The van der Waals surface area contributed by atoms with Gasteiger partial charge in [0, 0.05) is 11.8 Å². The Morgan fingerprint density at radius 2 is 1.95 bits per heavy atom. The first-order valence-corrected chi connectivity index (χ1v) is 5.45. The van der Waals surface area contributed by atoms with Crippen LogP contribution in [-0.4, -0.2) is 15.0 Å². The van der Waals surface area contributed by atoms with Gasteiger partial charge in [0.15, 0.2) is 5.69 Å². The van der Waals surface area contributed by atoms with Crippen molar-refractivity contribution in [2.75, 3.05) is 0 Å². The summed E-state index contributed by atoms with van der Waals surface area (Å²) in [6.07, 6.45) is -3.24. The number of hydrogen-bond acceptors (Lipinski definition) is 4. The minimum atomic E-state index is -4.61. The van der Waals surface area contributed by atoms with Crippen LogP contribution in [0, 0.1) is 6.92 Å². The largest absolute Gasteiger partial charge is 0.437 e. The molecule has 2 aromatic heterocycles. The molecule has 0 aliphatic rings. The number of hydrogen-bond donors (Lipinski definition) is 0. The van der Waals surface area contributed by atoms with Crippen molar-refractivity contribution >= 4 is 11.6 Å². The van der Waals surface area contributed by atoms with E-state index in [1.807, 2.05) is 0 Å². The molecule has 8 heteroatoms. The van der Waals surface area contributed by atoms with E-state index < -0.39 is 17.2 Å². The van der Waals surface area contributed by atoms with Crippen molar-refractivity contribution in [3.05, 3.63) is 41.1 Å². The fourth-order valence-electron chi connectivity index (χ4n) is 1.23. The predicted molar refractivity (Wildman–Crippen MR) is 61.1 cm³/mol. The van der Waals surface area contributed by atoms with Gasteiger partial charge in [-0.3, -0.25) is 4.98 Å². The van der Waals surface area contributed by atoms with E-state index in [9.17, 15) is 13.2 Å². The van der Waals surface area contributed by atoms with E-state index >= 15 is 0 Å². The molecule has 4 nitrogen and oxygen atoms in total. The van der Waals surface area contributed by atoms with E-state index in [0.29, 0.717) is 6.07 Å². The lowest BCUT2D eigenvalue weighted by Gasteiger charge is -2.09. The van der Waals surface area contributed by atoms with Crippen LogP contribution >= 0.6 is 11.6 Å². The van der Waals surface area contributed by atoms with Gasteiger partial charge in [0.2, 0.25) is 11.2 Å². The first-order chi connectivity index (χ1) is 8.84.